The lowest BCUT2D eigenvalue weighted by atomic mass is 9.92. The van der Waals surface area contributed by atoms with E-state index in [1.165, 1.54) is 6.26 Å². The van der Waals surface area contributed by atoms with Crippen molar-refractivity contribution in [2.24, 2.45) is 0 Å². The maximum atomic E-state index is 14.3. The van der Waals surface area contributed by atoms with Crippen LogP contribution in [-0.2, 0) is 19.6 Å². The molecule has 2 heterocycles. The highest BCUT2D eigenvalue weighted by Crippen LogP contribution is 2.45. The summed E-state index contributed by atoms with van der Waals surface area (Å²) in [6.07, 6.45) is 2.94. The van der Waals surface area contributed by atoms with E-state index in [0.717, 1.165) is 23.1 Å². The van der Waals surface area contributed by atoms with Crippen LogP contribution in [0.5, 0.6) is 28.7 Å². The molecule has 1 aliphatic heterocycles. The normalized spacial score (nSPS) is 13.6. The van der Waals surface area contributed by atoms with Gasteiger partial charge in [-0.15, -0.1) is 0 Å². The summed E-state index contributed by atoms with van der Waals surface area (Å²) in [5.74, 6) is 2.56. The zero-order chi connectivity index (χ0) is 30.0. The highest BCUT2D eigenvalue weighted by atomic mass is 16.5. The summed E-state index contributed by atoms with van der Waals surface area (Å²) < 4.78 is 36.4. The summed E-state index contributed by atoms with van der Waals surface area (Å²) in [6.45, 7) is 4.75. The maximum absolute atomic E-state index is 14.3. The molecule has 0 unspecified atom stereocenters. The van der Waals surface area contributed by atoms with Gasteiger partial charge in [-0.3, -0.25) is 4.79 Å². The molecule has 6 rings (SSSR count). The van der Waals surface area contributed by atoms with E-state index in [2.05, 4.69) is 13.8 Å². The quantitative estimate of drug-likeness (QED) is 0.177. The summed E-state index contributed by atoms with van der Waals surface area (Å²) >= 11 is 0. The molecule has 43 heavy (non-hydrogen) atoms. The summed E-state index contributed by atoms with van der Waals surface area (Å²) in [5, 5.41) is 0.362. The number of benzene rings is 4. The van der Waals surface area contributed by atoms with Crippen molar-refractivity contribution in [3.63, 3.8) is 0 Å². The first kappa shape index (κ1) is 28.2. The van der Waals surface area contributed by atoms with Crippen LogP contribution in [0, 0.1) is 0 Å². The van der Waals surface area contributed by atoms with Crippen molar-refractivity contribution in [3.05, 3.63) is 112 Å². The highest BCUT2D eigenvalue weighted by molar-refractivity contribution is 5.91. The van der Waals surface area contributed by atoms with Crippen LogP contribution in [-0.4, -0.2) is 19.8 Å². The average molecular weight is 579 g/mol. The minimum atomic E-state index is -0.341. The van der Waals surface area contributed by atoms with Gasteiger partial charge in [0.1, 0.15) is 53.3 Å². The van der Waals surface area contributed by atoms with Crippen LogP contribution in [0.25, 0.3) is 22.1 Å². The molecule has 0 saturated carbocycles. The van der Waals surface area contributed by atoms with Crippen LogP contribution in [0.2, 0.25) is 0 Å². The molecule has 220 valence electrons. The average Bonchev–Trinajstić information content (AvgIpc) is 3.02. The van der Waals surface area contributed by atoms with Crippen molar-refractivity contribution < 1.29 is 28.1 Å². The number of hydrogen-bond acceptors (Lipinski definition) is 7. The van der Waals surface area contributed by atoms with E-state index in [0.29, 0.717) is 70.5 Å². The van der Waals surface area contributed by atoms with Crippen molar-refractivity contribution in [1.29, 1.82) is 0 Å². The molecule has 0 fully saturated rings. The Morgan fingerprint density at radius 2 is 1.42 bits per heavy atom. The van der Waals surface area contributed by atoms with Gasteiger partial charge in [0.05, 0.1) is 19.8 Å². The van der Waals surface area contributed by atoms with Gasteiger partial charge in [-0.2, -0.15) is 0 Å². The monoisotopic (exact) mass is 578 g/mol. The molecule has 7 heteroatoms. The number of fused-ring (bicyclic) bond motifs is 2. The van der Waals surface area contributed by atoms with E-state index in [1.807, 2.05) is 60.7 Å². The second-order valence-electron chi connectivity index (χ2n) is 11.1. The molecule has 0 amide bonds. The predicted molar refractivity (Wildman–Crippen MR) is 166 cm³/mol. The Morgan fingerprint density at radius 1 is 0.767 bits per heavy atom. The number of hydrogen-bond donors (Lipinski definition) is 0. The molecule has 0 aliphatic carbocycles. The number of rotatable bonds is 9. The van der Waals surface area contributed by atoms with Crippen molar-refractivity contribution in [2.45, 2.75) is 45.5 Å². The SMILES string of the molecule is COc1cc(-c2coc3cc4c(c(OCc5ccccc5)c3c2=O)CCC(C)(C)O4)c(OC)cc1OCc1ccccc1. The lowest BCUT2D eigenvalue weighted by molar-refractivity contribution is 0.0834. The smallest absolute Gasteiger partial charge is 0.204 e. The predicted octanol–water partition coefficient (Wildman–Crippen LogP) is 7.74. The Labute approximate surface area is 250 Å². The fraction of sp³-hybridized carbons (Fsp3) is 0.250. The van der Waals surface area contributed by atoms with E-state index in [9.17, 15) is 4.79 Å². The molecular formula is C36H34O7. The molecule has 4 aromatic carbocycles. The third-order valence-corrected chi connectivity index (χ3v) is 7.68. The molecule has 0 spiro atoms. The highest BCUT2D eigenvalue weighted by Gasteiger charge is 2.32. The molecule has 1 aromatic heterocycles. The van der Waals surface area contributed by atoms with Crippen LogP contribution < -0.4 is 29.1 Å². The molecule has 5 aromatic rings. The second kappa shape index (κ2) is 11.8. The number of methoxy groups -OCH3 is 2. The van der Waals surface area contributed by atoms with Gasteiger partial charge in [0.25, 0.3) is 0 Å². The molecular weight excluding hydrogens is 544 g/mol. The lowest BCUT2D eigenvalue weighted by Crippen LogP contribution is -2.33. The Balaban J connectivity index is 1.46. The van der Waals surface area contributed by atoms with E-state index >= 15 is 0 Å². The van der Waals surface area contributed by atoms with Crippen LogP contribution in [0.1, 0.15) is 37.0 Å². The van der Waals surface area contributed by atoms with E-state index in [1.54, 1.807) is 32.4 Å². The first-order valence-corrected chi connectivity index (χ1v) is 14.3. The van der Waals surface area contributed by atoms with Crippen LogP contribution >= 0.6 is 0 Å². The van der Waals surface area contributed by atoms with Gasteiger partial charge in [-0.1, -0.05) is 60.7 Å². The first-order chi connectivity index (χ1) is 20.9. The molecule has 0 bridgehead atoms. The second-order valence-corrected chi connectivity index (χ2v) is 11.1. The third kappa shape index (κ3) is 5.75. The molecule has 0 N–H and O–H groups in total. The molecule has 0 radical (unpaired) electrons. The van der Waals surface area contributed by atoms with Gasteiger partial charge in [-0.25, -0.2) is 0 Å². The van der Waals surface area contributed by atoms with Crippen LogP contribution in [0.3, 0.4) is 0 Å². The van der Waals surface area contributed by atoms with E-state index < -0.39 is 0 Å². The standard InChI is InChI=1S/C36H34O7/c1-36(2)16-15-25-29(43-36)19-32-33(35(25)42-21-24-13-9-6-10-14-24)34(37)27(22-41-32)26-17-30(39-4)31(18-28(26)38-3)40-20-23-11-7-5-8-12-23/h5-14,17-19,22H,15-16,20-21H2,1-4H3. The van der Waals surface area contributed by atoms with Gasteiger partial charge >= 0.3 is 0 Å². The topological polar surface area (TPSA) is 76.4 Å². The summed E-state index contributed by atoms with van der Waals surface area (Å²) in [6, 6.07) is 25.0. The van der Waals surface area contributed by atoms with E-state index in [4.69, 9.17) is 28.1 Å². The first-order valence-electron chi connectivity index (χ1n) is 14.3. The summed E-state index contributed by atoms with van der Waals surface area (Å²) in [5.41, 5.74) is 3.51. The van der Waals surface area contributed by atoms with Gasteiger partial charge in [0.15, 0.2) is 11.5 Å². The van der Waals surface area contributed by atoms with Crippen molar-refractivity contribution in [2.75, 3.05) is 14.2 Å². The zero-order valence-corrected chi connectivity index (χ0v) is 24.8. The zero-order valence-electron chi connectivity index (χ0n) is 24.8. The lowest BCUT2D eigenvalue weighted by Gasteiger charge is -2.33. The fourth-order valence-corrected chi connectivity index (χ4v) is 5.38. The van der Waals surface area contributed by atoms with E-state index in [-0.39, 0.29) is 11.0 Å². The largest absolute Gasteiger partial charge is 0.496 e. The Morgan fingerprint density at radius 3 is 2.07 bits per heavy atom. The van der Waals surface area contributed by atoms with Crippen LogP contribution in [0.4, 0.5) is 0 Å². The van der Waals surface area contributed by atoms with Gasteiger partial charge in [-0.05, 0) is 43.9 Å². The molecule has 1 aliphatic rings. The Hall–Kier alpha value is -4.91. The van der Waals surface area contributed by atoms with Crippen molar-refractivity contribution in [1.82, 2.24) is 0 Å². The summed E-state index contributed by atoms with van der Waals surface area (Å²) in [7, 11) is 3.12. The number of ether oxygens (including phenoxy) is 5. The molecule has 0 atom stereocenters. The van der Waals surface area contributed by atoms with Crippen LogP contribution in [0.15, 0.2) is 94.3 Å². The molecule has 0 saturated heterocycles. The van der Waals surface area contributed by atoms with Gasteiger partial charge in [0, 0.05) is 23.3 Å². The van der Waals surface area contributed by atoms with Crippen molar-refractivity contribution in [3.8, 4) is 39.9 Å². The third-order valence-electron chi connectivity index (χ3n) is 7.68. The fourth-order valence-electron chi connectivity index (χ4n) is 5.38. The van der Waals surface area contributed by atoms with Gasteiger partial charge < -0.3 is 28.1 Å². The van der Waals surface area contributed by atoms with Crippen molar-refractivity contribution >= 4 is 11.0 Å². The minimum Gasteiger partial charge on any atom is -0.496 e. The van der Waals surface area contributed by atoms with Gasteiger partial charge in [0.2, 0.25) is 5.43 Å². The Bertz CT molecular complexity index is 1810. The maximum Gasteiger partial charge on any atom is 0.204 e. The minimum absolute atomic E-state index is 0.241. The summed E-state index contributed by atoms with van der Waals surface area (Å²) in [4.78, 5) is 14.3. The Kier molecular flexibility index (Phi) is 7.72. The molecule has 7 nitrogen and oxygen atoms in total.